The normalized spacial score (nSPS) is 14.7. The molecule has 13 amide bonds. The summed E-state index contributed by atoms with van der Waals surface area (Å²) in [5.41, 5.74) is 33.3. The zero-order valence-corrected chi connectivity index (χ0v) is 64.7. The van der Waals surface area contributed by atoms with Crippen molar-refractivity contribution in [1.82, 2.24) is 69.1 Å². The molecule has 35 nitrogen and oxygen atoms in total. The van der Waals surface area contributed by atoms with Crippen molar-refractivity contribution >= 4 is 94.7 Å². The van der Waals surface area contributed by atoms with Crippen molar-refractivity contribution in [3.63, 3.8) is 0 Å². The highest BCUT2D eigenvalue weighted by atomic mass is 16.2. The molecule has 25 N–H and O–H groups in total. The molecule has 12 atom stereocenters. The molecule has 0 aromatic rings. The number of unbranched alkanes of at least 4 members (excludes halogenated alkanes) is 1. The van der Waals surface area contributed by atoms with E-state index in [-0.39, 0.29) is 150 Å². The number of aliphatic imine (C=N–C) groups is 3. The predicted octanol–water partition coefficient (Wildman–Crippen LogP) is -1.76. The van der Waals surface area contributed by atoms with E-state index >= 15 is 0 Å². The van der Waals surface area contributed by atoms with Gasteiger partial charge >= 0.3 is 0 Å². The molecule has 0 heterocycles. The van der Waals surface area contributed by atoms with Crippen molar-refractivity contribution in [3.05, 3.63) is 0 Å². The van der Waals surface area contributed by atoms with Crippen LogP contribution in [0.5, 0.6) is 0 Å². The van der Waals surface area contributed by atoms with Crippen LogP contribution in [0.1, 0.15) is 207 Å². The minimum absolute atomic E-state index is 0.00851. The molecule has 104 heavy (non-hydrogen) atoms. The van der Waals surface area contributed by atoms with E-state index in [0.717, 1.165) is 6.42 Å². The Labute approximate surface area is 615 Å². The molecular formula is C69H130N22O13. The molecule has 0 saturated carbocycles. The van der Waals surface area contributed by atoms with Crippen LogP contribution in [0.4, 0.5) is 0 Å². The number of carbonyl (C=O) groups excluding carboxylic acids is 13. The van der Waals surface area contributed by atoms with E-state index in [1.807, 2.05) is 34.6 Å². The number of carbonyl (C=O) groups is 13. The SMILES string of the molecule is CCCCC(=O)N[C@@H](CC(C)C)C(=O)N[C@@H](C)C(=O)N[C@@H](CCCN=C(N)N)C(=O)N[C@@H](CC(C)C)C(=O)N[C@@H](CC(C)C)C(=O)N[C@@H](C)C(=O)N[C@@H](CCCN=C(N)N)C(=O)N[C@@H](CC(C)C)C(=O)N[C@@H](CC(C)C)C(=O)N[C@@H](C)C(=O)N[C@@H](CCCN=C(N)N)C(=O)N[C@@H](CC(C)C)C(=O)NC. The first-order valence-corrected chi connectivity index (χ1v) is 36.5. The van der Waals surface area contributed by atoms with Crippen molar-refractivity contribution in [2.24, 2.45) is 84.9 Å². The Balaban J connectivity index is 6.89. The molecule has 0 aliphatic carbocycles. The fraction of sp³-hybridized carbons (Fsp3) is 0.768. The number of rotatable bonds is 51. The molecule has 0 radical (unpaired) electrons. The van der Waals surface area contributed by atoms with Gasteiger partial charge in [0.2, 0.25) is 76.8 Å². The number of guanidine groups is 3. The Kier molecular flexibility index (Phi) is 45.9. The maximum absolute atomic E-state index is 14.5. The summed E-state index contributed by atoms with van der Waals surface area (Å²) in [7, 11) is 1.43. The van der Waals surface area contributed by atoms with E-state index in [4.69, 9.17) is 34.4 Å². The molecule has 0 bridgehead atoms. The first kappa shape index (κ1) is 94.9. The molecule has 0 aromatic carbocycles. The Hall–Kier alpha value is -9.08. The lowest BCUT2D eigenvalue weighted by atomic mass is 9.99. The van der Waals surface area contributed by atoms with Gasteiger partial charge in [0.25, 0.3) is 0 Å². The third kappa shape index (κ3) is 41.3. The first-order chi connectivity index (χ1) is 48.5. The maximum atomic E-state index is 14.5. The minimum atomic E-state index is -1.37. The van der Waals surface area contributed by atoms with E-state index in [0.29, 0.717) is 19.3 Å². The van der Waals surface area contributed by atoms with Crippen LogP contribution in [0.3, 0.4) is 0 Å². The van der Waals surface area contributed by atoms with Crippen molar-refractivity contribution < 1.29 is 62.3 Å². The summed E-state index contributed by atoms with van der Waals surface area (Å²) < 4.78 is 0. The van der Waals surface area contributed by atoms with Gasteiger partial charge in [-0.2, -0.15) is 0 Å². The lowest BCUT2D eigenvalue weighted by Crippen LogP contribution is -2.60. The summed E-state index contributed by atoms with van der Waals surface area (Å²) in [6.45, 7) is 28.3. The average molecular weight is 1480 g/mol. The number of likely N-dealkylation sites (N-methyl/N-ethyl adjacent to an activating group) is 1. The zero-order chi connectivity index (χ0) is 79.7. The van der Waals surface area contributed by atoms with Gasteiger partial charge in [0.15, 0.2) is 17.9 Å². The first-order valence-electron chi connectivity index (χ1n) is 36.5. The second kappa shape index (κ2) is 50.3. The highest BCUT2D eigenvalue weighted by Gasteiger charge is 2.37. The number of nitrogens with zero attached hydrogens (tertiary/aromatic N) is 3. The molecule has 0 unspecified atom stereocenters. The van der Waals surface area contributed by atoms with Gasteiger partial charge in [-0.1, -0.05) is 96.4 Å². The average Bonchev–Trinajstić information content (AvgIpc) is 0.863. The highest BCUT2D eigenvalue weighted by Crippen LogP contribution is 2.15. The highest BCUT2D eigenvalue weighted by molar-refractivity contribution is 5.99. The summed E-state index contributed by atoms with van der Waals surface area (Å²) in [6.07, 6.45) is 2.96. The van der Waals surface area contributed by atoms with Crippen LogP contribution in [0.15, 0.2) is 15.0 Å². The van der Waals surface area contributed by atoms with Crippen molar-refractivity contribution in [1.29, 1.82) is 0 Å². The van der Waals surface area contributed by atoms with Crippen molar-refractivity contribution in [2.75, 3.05) is 26.7 Å². The number of nitrogens with two attached hydrogens (primary N) is 6. The summed E-state index contributed by atoms with van der Waals surface area (Å²) in [5.74, 6) is -10.5. The third-order valence-corrected chi connectivity index (χ3v) is 16.1. The molecule has 0 aliphatic heterocycles. The van der Waals surface area contributed by atoms with Gasteiger partial charge in [0.1, 0.15) is 72.5 Å². The summed E-state index contributed by atoms with van der Waals surface area (Å²) >= 11 is 0. The monoisotopic (exact) mass is 1480 g/mol. The Bertz CT molecular complexity index is 2860. The number of nitrogens with one attached hydrogen (secondary N) is 13. The molecule has 0 aromatic heterocycles. The van der Waals surface area contributed by atoms with Crippen LogP contribution in [-0.2, 0) is 62.3 Å². The third-order valence-electron chi connectivity index (χ3n) is 16.1. The van der Waals surface area contributed by atoms with Gasteiger partial charge < -0.3 is 104 Å². The summed E-state index contributed by atoms with van der Waals surface area (Å²) in [6, 6.07) is -14.7. The van der Waals surface area contributed by atoms with E-state index in [2.05, 4.69) is 84.1 Å². The summed E-state index contributed by atoms with van der Waals surface area (Å²) in [5, 5.41) is 34.9. The van der Waals surface area contributed by atoms with Gasteiger partial charge in [0, 0.05) is 33.1 Å². The van der Waals surface area contributed by atoms with E-state index in [1.165, 1.54) is 27.8 Å². The lowest BCUT2D eigenvalue weighted by molar-refractivity contribution is -0.136. The van der Waals surface area contributed by atoms with Gasteiger partial charge in [0.05, 0.1) is 0 Å². The van der Waals surface area contributed by atoms with Crippen LogP contribution in [0.2, 0.25) is 0 Å². The van der Waals surface area contributed by atoms with E-state index in [9.17, 15) is 62.3 Å². The molecule has 594 valence electrons. The predicted molar refractivity (Wildman–Crippen MR) is 400 cm³/mol. The van der Waals surface area contributed by atoms with Crippen LogP contribution in [-0.4, -0.2) is 194 Å². The number of amides is 13. The fourth-order valence-electron chi connectivity index (χ4n) is 10.7. The van der Waals surface area contributed by atoms with E-state index < -0.39 is 143 Å². The largest absolute Gasteiger partial charge is 0.370 e. The second-order valence-corrected chi connectivity index (χ2v) is 29.1. The van der Waals surface area contributed by atoms with Crippen LogP contribution >= 0.6 is 0 Å². The minimum Gasteiger partial charge on any atom is -0.370 e. The molecular weight excluding hydrogens is 1340 g/mol. The molecule has 35 heteroatoms. The van der Waals surface area contributed by atoms with E-state index in [1.54, 1.807) is 55.4 Å². The quantitative estimate of drug-likeness (QED) is 0.0182. The van der Waals surface area contributed by atoms with Crippen molar-refractivity contribution in [2.45, 2.75) is 280 Å². The topological polar surface area (TPSA) is 571 Å². The number of hydrogen-bond donors (Lipinski definition) is 19. The van der Waals surface area contributed by atoms with Crippen LogP contribution in [0.25, 0.3) is 0 Å². The number of hydrogen-bond acceptors (Lipinski definition) is 16. The standard InChI is InChI=1S/C69H130N22O13/c1-18-19-26-54(92)83-49(31-37(4)5)62(100)80-42(14)55(93)85-46(24-21-28-78-68(72)73)60(98)88-52(34-40(10)11)65(103)91-51(33-39(8)9)64(102)82-44(16)57(95)86-47(25-22-29-79-69(74)75)61(99)89-53(35-41(12)13)66(104)90-50(32-38(6)7)63(101)81-43(15)56(94)84-45(23-20-27-77-67(70)71)59(97)87-48(30-36(2)3)58(96)76-17/h36-53H,18-35H2,1-17H3,(H,76,96)(H,80,100)(H,81,101)(H,82,102)(H,83,92)(H,84,94)(H,85,93)(H,86,95)(H,87,97)(H,88,98)(H,89,99)(H,90,104)(H,91,103)(H4,70,71,77)(H4,72,73,78)(H4,74,75,79)/t42-,43-,44-,45-,46-,47-,48-,49-,50-,51-,52-,53-/m0/s1. The molecule has 0 saturated heterocycles. The fourth-order valence-corrected chi connectivity index (χ4v) is 10.7. The Morgan fingerprint density at radius 2 is 0.471 bits per heavy atom. The molecule has 0 aliphatic rings. The molecule has 0 rings (SSSR count). The maximum Gasteiger partial charge on any atom is 0.243 e. The van der Waals surface area contributed by atoms with Gasteiger partial charge in [-0.3, -0.25) is 77.3 Å². The Morgan fingerprint density at radius 3 is 0.683 bits per heavy atom. The summed E-state index contributed by atoms with van der Waals surface area (Å²) in [4.78, 5) is 192. The van der Waals surface area contributed by atoms with Gasteiger partial charge in [-0.25, -0.2) is 0 Å². The van der Waals surface area contributed by atoms with Crippen molar-refractivity contribution in [3.8, 4) is 0 Å². The van der Waals surface area contributed by atoms with Crippen LogP contribution in [0, 0.1) is 35.5 Å². The second-order valence-electron chi connectivity index (χ2n) is 29.1. The van der Waals surface area contributed by atoms with Gasteiger partial charge in [-0.15, -0.1) is 0 Å². The Morgan fingerprint density at radius 1 is 0.269 bits per heavy atom. The smallest absolute Gasteiger partial charge is 0.243 e. The van der Waals surface area contributed by atoms with Crippen LogP contribution < -0.4 is 104 Å². The lowest BCUT2D eigenvalue weighted by Gasteiger charge is -2.29. The molecule has 0 fully saturated rings. The van der Waals surface area contributed by atoms with Gasteiger partial charge in [-0.05, 0) is 140 Å². The molecule has 0 spiro atoms. The zero-order valence-electron chi connectivity index (χ0n) is 64.7.